The highest BCUT2D eigenvalue weighted by Crippen LogP contribution is 2.32. The quantitative estimate of drug-likeness (QED) is 0.483. The number of carbonyl (C=O) groups excluding carboxylic acids is 2. The SMILES string of the molecule is Cc1ccc(N2C(=O)c3ccccc3[C@@H](C=NCCC#N)C2=O)cc1C. The van der Waals surface area contributed by atoms with Crippen molar-refractivity contribution in [1.29, 1.82) is 5.26 Å². The van der Waals surface area contributed by atoms with Crippen molar-refractivity contribution in [3.8, 4) is 6.07 Å². The Kier molecular flexibility index (Phi) is 4.94. The number of carbonyl (C=O) groups is 2. The minimum Gasteiger partial charge on any atom is -0.295 e. The van der Waals surface area contributed by atoms with Crippen LogP contribution < -0.4 is 4.90 Å². The van der Waals surface area contributed by atoms with Gasteiger partial charge in [-0.2, -0.15) is 5.26 Å². The second kappa shape index (κ2) is 7.32. The summed E-state index contributed by atoms with van der Waals surface area (Å²) in [6.07, 6.45) is 1.85. The van der Waals surface area contributed by atoms with Gasteiger partial charge in [-0.3, -0.25) is 14.6 Å². The van der Waals surface area contributed by atoms with Crippen LogP contribution in [0.25, 0.3) is 0 Å². The highest BCUT2D eigenvalue weighted by molar-refractivity contribution is 6.29. The van der Waals surface area contributed by atoms with Crippen molar-refractivity contribution in [2.75, 3.05) is 11.4 Å². The third-order valence-electron chi connectivity index (χ3n) is 4.57. The maximum atomic E-state index is 13.1. The van der Waals surface area contributed by atoms with Gasteiger partial charge >= 0.3 is 0 Å². The van der Waals surface area contributed by atoms with Gasteiger partial charge in [0.15, 0.2) is 0 Å². The van der Waals surface area contributed by atoms with E-state index in [0.29, 0.717) is 29.8 Å². The Balaban J connectivity index is 2.06. The zero-order valence-electron chi connectivity index (χ0n) is 14.8. The fourth-order valence-electron chi connectivity index (χ4n) is 3.00. The Morgan fingerprint density at radius 2 is 1.92 bits per heavy atom. The Hall–Kier alpha value is -3.26. The molecule has 1 heterocycles. The molecule has 0 radical (unpaired) electrons. The van der Waals surface area contributed by atoms with Crippen molar-refractivity contribution < 1.29 is 9.59 Å². The van der Waals surface area contributed by atoms with Crippen molar-refractivity contribution in [3.05, 3.63) is 64.7 Å². The first-order valence-corrected chi connectivity index (χ1v) is 8.46. The Labute approximate surface area is 152 Å². The van der Waals surface area contributed by atoms with Crippen molar-refractivity contribution in [2.24, 2.45) is 4.99 Å². The summed E-state index contributed by atoms with van der Waals surface area (Å²) < 4.78 is 0. The molecule has 0 saturated carbocycles. The Morgan fingerprint density at radius 3 is 2.65 bits per heavy atom. The van der Waals surface area contributed by atoms with Crippen LogP contribution in [0.1, 0.15) is 39.4 Å². The van der Waals surface area contributed by atoms with Crippen molar-refractivity contribution in [2.45, 2.75) is 26.2 Å². The first-order valence-electron chi connectivity index (χ1n) is 8.46. The van der Waals surface area contributed by atoms with Gasteiger partial charge in [0.05, 0.1) is 30.6 Å². The number of anilines is 1. The Bertz CT molecular complexity index is 941. The average Bonchev–Trinajstić information content (AvgIpc) is 2.64. The first kappa shape index (κ1) is 17.6. The van der Waals surface area contributed by atoms with E-state index in [-0.39, 0.29) is 11.8 Å². The molecule has 0 N–H and O–H groups in total. The maximum Gasteiger partial charge on any atom is 0.265 e. The number of hydrogen-bond acceptors (Lipinski definition) is 4. The van der Waals surface area contributed by atoms with Crippen LogP contribution in [0.4, 0.5) is 5.69 Å². The number of imide groups is 1. The fraction of sp³-hybridized carbons (Fsp3) is 0.238. The largest absolute Gasteiger partial charge is 0.295 e. The molecule has 3 rings (SSSR count). The van der Waals surface area contributed by atoms with Gasteiger partial charge in [0, 0.05) is 11.8 Å². The van der Waals surface area contributed by atoms with Crippen LogP contribution in [0.5, 0.6) is 0 Å². The lowest BCUT2D eigenvalue weighted by Crippen LogP contribution is -2.45. The topological polar surface area (TPSA) is 73.5 Å². The number of fused-ring (bicyclic) bond motifs is 1. The van der Waals surface area contributed by atoms with Crippen LogP contribution >= 0.6 is 0 Å². The van der Waals surface area contributed by atoms with E-state index in [0.717, 1.165) is 11.1 Å². The number of nitriles is 1. The van der Waals surface area contributed by atoms with Gasteiger partial charge in [-0.15, -0.1) is 0 Å². The zero-order valence-corrected chi connectivity index (χ0v) is 14.8. The highest BCUT2D eigenvalue weighted by Gasteiger charge is 2.38. The molecule has 2 aromatic carbocycles. The van der Waals surface area contributed by atoms with Crippen LogP contribution in [-0.4, -0.2) is 24.6 Å². The number of rotatable bonds is 4. The number of nitrogens with zero attached hydrogens (tertiary/aromatic N) is 3. The first-order chi connectivity index (χ1) is 12.5. The van der Waals surface area contributed by atoms with Gasteiger partial charge in [0.1, 0.15) is 0 Å². The van der Waals surface area contributed by atoms with Gasteiger partial charge in [0.25, 0.3) is 5.91 Å². The summed E-state index contributed by atoms with van der Waals surface area (Å²) >= 11 is 0. The third-order valence-corrected chi connectivity index (χ3v) is 4.57. The molecule has 5 heteroatoms. The highest BCUT2D eigenvalue weighted by atomic mass is 16.2. The van der Waals surface area contributed by atoms with Crippen LogP contribution in [0.3, 0.4) is 0 Å². The van der Waals surface area contributed by atoms with Crippen LogP contribution in [0, 0.1) is 25.2 Å². The molecule has 0 aliphatic carbocycles. The number of aliphatic imine (C=N–C) groups is 1. The Morgan fingerprint density at radius 1 is 1.15 bits per heavy atom. The smallest absolute Gasteiger partial charge is 0.265 e. The molecule has 0 fully saturated rings. The number of benzene rings is 2. The van der Waals surface area contributed by atoms with E-state index in [1.807, 2.05) is 32.0 Å². The molecule has 1 aliphatic heterocycles. The number of hydrogen-bond donors (Lipinski definition) is 0. The van der Waals surface area contributed by atoms with Crippen molar-refractivity contribution in [1.82, 2.24) is 0 Å². The minimum absolute atomic E-state index is 0.291. The van der Waals surface area contributed by atoms with Gasteiger partial charge in [0.2, 0.25) is 5.91 Å². The summed E-state index contributed by atoms with van der Waals surface area (Å²) in [5, 5.41) is 8.64. The van der Waals surface area contributed by atoms with Crippen molar-refractivity contribution >= 4 is 23.7 Å². The molecule has 1 aliphatic rings. The van der Waals surface area contributed by atoms with E-state index < -0.39 is 5.92 Å². The second-order valence-corrected chi connectivity index (χ2v) is 6.28. The predicted molar refractivity (Wildman–Crippen MR) is 101 cm³/mol. The van der Waals surface area contributed by atoms with E-state index in [1.165, 1.54) is 4.90 Å². The molecule has 0 unspecified atom stereocenters. The molecular weight excluding hydrogens is 326 g/mol. The van der Waals surface area contributed by atoms with Gasteiger partial charge in [-0.05, 0) is 48.7 Å². The lowest BCUT2D eigenvalue weighted by Gasteiger charge is -2.31. The van der Waals surface area contributed by atoms with Gasteiger partial charge in [-0.25, -0.2) is 4.90 Å². The summed E-state index contributed by atoms with van der Waals surface area (Å²) in [6.45, 7) is 4.27. The average molecular weight is 345 g/mol. The summed E-state index contributed by atoms with van der Waals surface area (Å²) in [5.41, 5.74) is 3.83. The van der Waals surface area contributed by atoms with E-state index in [9.17, 15) is 9.59 Å². The number of amides is 2. The molecule has 2 aromatic rings. The van der Waals surface area contributed by atoms with E-state index in [4.69, 9.17) is 5.26 Å². The molecule has 5 nitrogen and oxygen atoms in total. The van der Waals surface area contributed by atoms with Crippen LogP contribution in [0.2, 0.25) is 0 Å². The second-order valence-electron chi connectivity index (χ2n) is 6.28. The van der Waals surface area contributed by atoms with E-state index in [2.05, 4.69) is 4.99 Å². The molecule has 1 atom stereocenters. The minimum atomic E-state index is -0.635. The lowest BCUT2D eigenvalue weighted by atomic mass is 9.88. The van der Waals surface area contributed by atoms with Gasteiger partial charge in [-0.1, -0.05) is 24.3 Å². The summed E-state index contributed by atoms with van der Waals surface area (Å²) in [6, 6.07) is 14.7. The normalized spacial score (nSPS) is 16.7. The number of aryl methyl sites for hydroxylation is 2. The van der Waals surface area contributed by atoms with E-state index >= 15 is 0 Å². The van der Waals surface area contributed by atoms with E-state index in [1.54, 1.807) is 36.5 Å². The summed E-state index contributed by atoms with van der Waals surface area (Å²) in [5.74, 6) is -1.28. The molecule has 0 aromatic heterocycles. The monoisotopic (exact) mass is 345 g/mol. The molecule has 0 saturated heterocycles. The molecule has 2 amide bonds. The molecule has 26 heavy (non-hydrogen) atoms. The third kappa shape index (κ3) is 3.14. The molecule has 0 spiro atoms. The maximum absolute atomic E-state index is 13.1. The summed E-state index contributed by atoms with van der Waals surface area (Å²) in [4.78, 5) is 31.5. The molecular formula is C21H19N3O2. The summed E-state index contributed by atoms with van der Waals surface area (Å²) in [7, 11) is 0. The molecule has 130 valence electrons. The standard InChI is InChI=1S/C21H19N3O2/c1-14-8-9-16(12-15(14)2)24-20(25)18-7-4-3-6-17(18)19(21(24)26)13-23-11-5-10-22/h3-4,6-9,12-13,19H,5,11H2,1-2H3/t19-/m1/s1. The van der Waals surface area contributed by atoms with Crippen molar-refractivity contribution in [3.63, 3.8) is 0 Å². The van der Waals surface area contributed by atoms with Crippen LogP contribution in [0.15, 0.2) is 47.5 Å². The molecule has 0 bridgehead atoms. The lowest BCUT2D eigenvalue weighted by molar-refractivity contribution is -0.118. The van der Waals surface area contributed by atoms with Crippen LogP contribution in [-0.2, 0) is 4.79 Å². The fourth-order valence-corrected chi connectivity index (χ4v) is 3.00. The zero-order chi connectivity index (χ0) is 18.7. The van der Waals surface area contributed by atoms with Gasteiger partial charge < -0.3 is 0 Å². The predicted octanol–water partition coefficient (Wildman–Crippen LogP) is 3.56.